The second kappa shape index (κ2) is 7.78. The van der Waals surface area contributed by atoms with Crippen LogP contribution < -0.4 is 4.74 Å². The molecule has 2 heterocycles. The quantitative estimate of drug-likeness (QED) is 0.844. The van der Waals surface area contributed by atoms with Crippen LogP contribution in [0, 0.1) is 0 Å². The molecule has 27 heavy (non-hydrogen) atoms. The highest BCUT2D eigenvalue weighted by Crippen LogP contribution is 2.39. The maximum absolute atomic E-state index is 12.7. The number of hydrogen-bond donors (Lipinski definition) is 1. The predicted octanol–water partition coefficient (Wildman–Crippen LogP) is 3.40. The van der Waals surface area contributed by atoms with Crippen LogP contribution in [0.3, 0.4) is 0 Å². The summed E-state index contributed by atoms with van der Waals surface area (Å²) in [5.41, 5.74) is 2.19. The number of phenols is 1. The molecule has 0 amide bonds. The average molecular weight is 363 g/mol. The number of nitrogens with zero attached hydrogens (tertiary/aromatic N) is 1. The lowest BCUT2D eigenvalue weighted by atomic mass is 10.0. The van der Waals surface area contributed by atoms with Gasteiger partial charge in [-0.1, -0.05) is 42.5 Å². The number of benzene rings is 2. The highest BCUT2D eigenvalue weighted by molar-refractivity contribution is 6.12. The Morgan fingerprint density at radius 1 is 1.07 bits per heavy atom. The van der Waals surface area contributed by atoms with Crippen molar-refractivity contribution in [2.24, 2.45) is 0 Å². The zero-order valence-electron chi connectivity index (χ0n) is 14.9. The van der Waals surface area contributed by atoms with Crippen LogP contribution in [0.5, 0.6) is 11.5 Å². The smallest absolute Gasteiger partial charge is 0.231 e. The van der Waals surface area contributed by atoms with Crippen LogP contribution in [0.2, 0.25) is 0 Å². The molecular weight excluding hydrogens is 342 g/mol. The first kappa shape index (κ1) is 17.5. The van der Waals surface area contributed by atoms with E-state index in [4.69, 9.17) is 9.47 Å². The van der Waals surface area contributed by atoms with Crippen LogP contribution in [0.4, 0.5) is 0 Å². The van der Waals surface area contributed by atoms with Crippen molar-refractivity contribution in [1.82, 2.24) is 4.90 Å². The van der Waals surface area contributed by atoms with Gasteiger partial charge in [-0.05, 0) is 23.8 Å². The number of rotatable bonds is 4. The fourth-order valence-corrected chi connectivity index (χ4v) is 3.26. The second-order valence-corrected chi connectivity index (χ2v) is 6.56. The zero-order valence-corrected chi connectivity index (χ0v) is 14.9. The molecule has 0 saturated carbocycles. The molecule has 0 aromatic heterocycles. The molecule has 138 valence electrons. The molecule has 2 aromatic rings. The third-order valence-corrected chi connectivity index (χ3v) is 4.74. The number of carbonyl (C=O) groups is 1. The number of allylic oxidation sites excluding steroid dienone is 3. The fourth-order valence-electron chi connectivity index (χ4n) is 3.26. The molecule has 0 spiro atoms. The Morgan fingerprint density at radius 3 is 2.63 bits per heavy atom. The number of phenolic OH excluding ortho intramolecular Hbond substituents is 1. The van der Waals surface area contributed by atoms with Crippen LogP contribution >= 0.6 is 0 Å². The molecule has 0 atom stereocenters. The number of aromatic hydroxyl groups is 1. The molecule has 2 aliphatic heterocycles. The Morgan fingerprint density at radius 2 is 1.85 bits per heavy atom. The van der Waals surface area contributed by atoms with Gasteiger partial charge in [-0.3, -0.25) is 9.69 Å². The Balaban J connectivity index is 1.56. The van der Waals surface area contributed by atoms with E-state index in [0.29, 0.717) is 36.6 Å². The first-order valence-corrected chi connectivity index (χ1v) is 9.03. The van der Waals surface area contributed by atoms with Crippen LogP contribution in [0.15, 0.2) is 60.4 Å². The largest absolute Gasteiger partial charge is 0.507 e. The van der Waals surface area contributed by atoms with Crippen molar-refractivity contribution in [3.05, 3.63) is 77.1 Å². The highest BCUT2D eigenvalue weighted by Gasteiger charge is 2.31. The maximum Gasteiger partial charge on any atom is 0.231 e. The Kier molecular flexibility index (Phi) is 5.05. The summed E-state index contributed by atoms with van der Waals surface area (Å²) >= 11 is 0. The summed E-state index contributed by atoms with van der Waals surface area (Å²) in [5.74, 6) is 0.719. The van der Waals surface area contributed by atoms with Crippen LogP contribution in [-0.2, 0) is 11.3 Å². The van der Waals surface area contributed by atoms with Crippen LogP contribution in [-0.4, -0.2) is 42.1 Å². The standard InChI is InChI=1S/C22H21NO4/c24-19-10-9-17-21(25)20(8-4-7-16-5-2-1-3-6-16)27-22(17)18(19)15-23-11-13-26-14-12-23/h1-10,24H,11-15H2/b7-4+,20-8+. The fraction of sp³-hybridized carbons (Fsp3) is 0.227. The van der Waals surface area contributed by atoms with E-state index >= 15 is 0 Å². The van der Waals surface area contributed by atoms with Gasteiger partial charge in [0.2, 0.25) is 5.78 Å². The van der Waals surface area contributed by atoms with Gasteiger partial charge in [-0.15, -0.1) is 0 Å². The van der Waals surface area contributed by atoms with E-state index < -0.39 is 0 Å². The number of Topliss-reactive ketones (excluding diaryl/α,β-unsaturated/α-hetero) is 1. The van der Waals surface area contributed by atoms with Crippen molar-refractivity contribution in [3.8, 4) is 11.5 Å². The molecule has 0 aliphatic carbocycles. The summed E-state index contributed by atoms with van der Waals surface area (Å²) < 4.78 is 11.2. The third kappa shape index (κ3) is 3.79. The van der Waals surface area contributed by atoms with E-state index in [-0.39, 0.29) is 17.3 Å². The lowest BCUT2D eigenvalue weighted by molar-refractivity contribution is 0.0336. The number of ketones is 1. The zero-order chi connectivity index (χ0) is 18.6. The van der Waals surface area contributed by atoms with Crippen molar-refractivity contribution in [2.75, 3.05) is 26.3 Å². The molecule has 0 radical (unpaired) electrons. The Bertz CT molecular complexity index is 896. The molecule has 1 fully saturated rings. The molecule has 0 unspecified atom stereocenters. The lowest BCUT2D eigenvalue weighted by Gasteiger charge is -2.27. The van der Waals surface area contributed by atoms with Crippen molar-refractivity contribution >= 4 is 11.9 Å². The number of ether oxygens (including phenoxy) is 2. The maximum atomic E-state index is 12.7. The normalized spacial score (nSPS) is 18.8. The molecule has 1 saturated heterocycles. The molecule has 4 rings (SSSR count). The molecule has 2 aliphatic rings. The van der Waals surface area contributed by atoms with Gasteiger partial charge in [-0.2, -0.15) is 0 Å². The average Bonchev–Trinajstić information content (AvgIpc) is 3.02. The first-order valence-electron chi connectivity index (χ1n) is 9.03. The number of carbonyl (C=O) groups excluding carboxylic acids is 1. The SMILES string of the molecule is O=C1/C(=C\C=C\c2ccccc2)Oc2c1ccc(O)c2CN1CCOCC1. The van der Waals surface area contributed by atoms with Gasteiger partial charge in [0, 0.05) is 19.6 Å². The summed E-state index contributed by atoms with van der Waals surface area (Å²) in [5, 5.41) is 10.3. The van der Waals surface area contributed by atoms with Crippen molar-refractivity contribution in [3.63, 3.8) is 0 Å². The van der Waals surface area contributed by atoms with E-state index in [2.05, 4.69) is 4.90 Å². The molecule has 5 nitrogen and oxygen atoms in total. The topological polar surface area (TPSA) is 59.0 Å². The van der Waals surface area contributed by atoms with E-state index in [1.54, 1.807) is 24.3 Å². The minimum Gasteiger partial charge on any atom is -0.507 e. The predicted molar refractivity (Wildman–Crippen MR) is 103 cm³/mol. The Labute approximate surface area is 158 Å². The monoisotopic (exact) mass is 363 g/mol. The van der Waals surface area contributed by atoms with Gasteiger partial charge >= 0.3 is 0 Å². The summed E-state index contributed by atoms with van der Waals surface area (Å²) in [4.78, 5) is 14.8. The van der Waals surface area contributed by atoms with E-state index in [9.17, 15) is 9.90 Å². The second-order valence-electron chi connectivity index (χ2n) is 6.56. The molecule has 0 bridgehead atoms. The summed E-state index contributed by atoms with van der Waals surface area (Å²) in [6.45, 7) is 3.45. The number of fused-ring (bicyclic) bond motifs is 1. The van der Waals surface area contributed by atoms with E-state index in [1.165, 1.54) is 0 Å². The van der Waals surface area contributed by atoms with Gasteiger partial charge in [-0.25, -0.2) is 0 Å². The van der Waals surface area contributed by atoms with Gasteiger partial charge in [0.15, 0.2) is 5.76 Å². The van der Waals surface area contributed by atoms with Gasteiger partial charge in [0.25, 0.3) is 0 Å². The minimum absolute atomic E-state index is 0.147. The van der Waals surface area contributed by atoms with Gasteiger partial charge in [0.1, 0.15) is 11.5 Å². The number of hydrogen-bond acceptors (Lipinski definition) is 5. The summed E-state index contributed by atoms with van der Waals surface area (Å²) in [6, 6.07) is 13.0. The van der Waals surface area contributed by atoms with Crippen LogP contribution in [0.25, 0.3) is 6.08 Å². The summed E-state index contributed by atoms with van der Waals surface area (Å²) in [7, 11) is 0. The molecule has 2 aromatic carbocycles. The van der Waals surface area contributed by atoms with E-state index in [1.807, 2.05) is 36.4 Å². The van der Waals surface area contributed by atoms with Crippen molar-refractivity contribution in [1.29, 1.82) is 0 Å². The van der Waals surface area contributed by atoms with Crippen molar-refractivity contribution < 1.29 is 19.4 Å². The minimum atomic E-state index is -0.161. The molecule has 1 N–H and O–H groups in total. The Hall–Kier alpha value is -2.89. The van der Waals surface area contributed by atoms with Crippen LogP contribution in [0.1, 0.15) is 21.5 Å². The van der Waals surface area contributed by atoms with Gasteiger partial charge in [0.05, 0.1) is 24.3 Å². The molecule has 5 heteroatoms. The van der Waals surface area contributed by atoms with Gasteiger partial charge < -0.3 is 14.6 Å². The molecular formula is C22H21NO4. The highest BCUT2D eigenvalue weighted by atomic mass is 16.5. The number of morpholine rings is 1. The first-order chi connectivity index (χ1) is 13.2. The van der Waals surface area contributed by atoms with E-state index in [0.717, 1.165) is 18.7 Å². The third-order valence-electron chi connectivity index (χ3n) is 4.74. The lowest BCUT2D eigenvalue weighted by Crippen LogP contribution is -2.35. The summed E-state index contributed by atoms with van der Waals surface area (Å²) in [6.07, 6.45) is 5.39. The van der Waals surface area contributed by atoms with Crippen molar-refractivity contribution in [2.45, 2.75) is 6.54 Å².